The van der Waals surface area contributed by atoms with Crippen LogP contribution in [-0.4, -0.2) is 42.4 Å². The van der Waals surface area contributed by atoms with Gasteiger partial charge in [-0.3, -0.25) is 4.79 Å². The highest BCUT2D eigenvalue weighted by Gasteiger charge is 2.57. The summed E-state index contributed by atoms with van der Waals surface area (Å²) >= 11 is 0. The van der Waals surface area contributed by atoms with Crippen molar-refractivity contribution in [2.75, 3.05) is 26.3 Å². The monoisotopic (exact) mass is 372 g/mol. The van der Waals surface area contributed by atoms with Crippen LogP contribution in [0.25, 0.3) is 0 Å². The summed E-state index contributed by atoms with van der Waals surface area (Å²) in [5.41, 5.74) is -0.590. The number of fused-ring (bicyclic) bond motifs is 1. The number of nitrogens with one attached hydrogen (secondary N) is 2. The van der Waals surface area contributed by atoms with Crippen molar-refractivity contribution in [1.82, 2.24) is 20.8 Å². The Morgan fingerprint density at radius 3 is 3.04 bits per heavy atom. The van der Waals surface area contributed by atoms with E-state index in [-0.39, 0.29) is 23.7 Å². The third-order valence-electron chi connectivity index (χ3n) is 6.15. The summed E-state index contributed by atoms with van der Waals surface area (Å²) in [4.78, 5) is 17.4. The van der Waals surface area contributed by atoms with Gasteiger partial charge in [0.15, 0.2) is 5.82 Å². The molecule has 1 aliphatic carbocycles. The minimum atomic E-state index is -0.759. The molecule has 5 rings (SSSR count). The van der Waals surface area contributed by atoms with Crippen LogP contribution in [0.3, 0.4) is 0 Å². The molecule has 1 aromatic carbocycles. The second-order valence-electron chi connectivity index (χ2n) is 7.78. The number of nitrogens with zero attached hydrogens (tertiary/aromatic N) is 2. The van der Waals surface area contributed by atoms with E-state index in [1.165, 1.54) is 6.07 Å². The molecule has 1 saturated carbocycles. The van der Waals surface area contributed by atoms with E-state index in [0.29, 0.717) is 49.3 Å². The molecule has 27 heavy (non-hydrogen) atoms. The summed E-state index contributed by atoms with van der Waals surface area (Å²) in [6, 6.07) is 6.42. The summed E-state index contributed by atoms with van der Waals surface area (Å²) < 4.78 is 25.0. The van der Waals surface area contributed by atoms with Gasteiger partial charge in [0.1, 0.15) is 11.2 Å². The third kappa shape index (κ3) is 2.58. The van der Waals surface area contributed by atoms with Crippen LogP contribution < -0.4 is 10.6 Å². The molecule has 0 unspecified atom stereocenters. The first-order chi connectivity index (χ1) is 13.1. The zero-order chi connectivity index (χ0) is 18.5. The summed E-state index contributed by atoms with van der Waals surface area (Å²) in [5, 5.41) is 10.3. The molecular formula is C19H21FN4O3. The molecule has 7 nitrogen and oxygen atoms in total. The maximum Gasteiger partial charge on any atom is 0.236 e. The Morgan fingerprint density at radius 1 is 1.37 bits per heavy atom. The van der Waals surface area contributed by atoms with Gasteiger partial charge in [-0.25, -0.2) is 4.39 Å². The zero-order valence-electron chi connectivity index (χ0n) is 14.8. The van der Waals surface area contributed by atoms with Crippen LogP contribution in [0.2, 0.25) is 0 Å². The van der Waals surface area contributed by atoms with Crippen LogP contribution in [0, 0.1) is 11.7 Å². The van der Waals surface area contributed by atoms with Crippen LogP contribution in [0.4, 0.5) is 4.39 Å². The minimum absolute atomic E-state index is 0.141. The lowest BCUT2D eigenvalue weighted by atomic mass is 9.81. The van der Waals surface area contributed by atoms with Crippen LogP contribution in [0.1, 0.15) is 30.1 Å². The van der Waals surface area contributed by atoms with Crippen molar-refractivity contribution in [3.8, 4) is 0 Å². The summed E-state index contributed by atoms with van der Waals surface area (Å²) in [5.74, 6) is 0.786. The molecule has 2 atom stereocenters. The van der Waals surface area contributed by atoms with Gasteiger partial charge in [-0.1, -0.05) is 23.4 Å². The smallest absolute Gasteiger partial charge is 0.236 e. The van der Waals surface area contributed by atoms with Crippen LogP contribution in [-0.2, 0) is 26.9 Å². The van der Waals surface area contributed by atoms with Crippen molar-refractivity contribution < 1.29 is 18.4 Å². The van der Waals surface area contributed by atoms with Crippen molar-refractivity contribution in [2.45, 2.75) is 30.2 Å². The van der Waals surface area contributed by atoms with E-state index in [4.69, 9.17) is 9.26 Å². The average Bonchev–Trinajstić information content (AvgIpc) is 3.01. The van der Waals surface area contributed by atoms with Crippen molar-refractivity contribution in [3.05, 3.63) is 47.4 Å². The number of carbonyl (C=O) groups excluding carboxylic acids is 1. The van der Waals surface area contributed by atoms with Gasteiger partial charge in [0.25, 0.3) is 0 Å². The maximum absolute atomic E-state index is 13.8. The van der Waals surface area contributed by atoms with Gasteiger partial charge in [-0.15, -0.1) is 0 Å². The number of hydrogen-bond acceptors (Lipinski definition) is 6. The number of amides is 1. The van der Waals surface area contributed by atoms with Crippen LogP contribution in [0.5, 0.6) is 0 Å². The third-order valence-corrected chi connectivity index (χ3v) is 6.15. The Bertz CT molecular complexity index is 869. The molecule has 2 saturated heterocycles. The standard InChI is InChI=1S/C19H21FN4O3/c20-14-4-2-1-3-12(14)7-22-16(25)18(5-6-18)15-23-17(27-24-15)19-10-21-8-13(19)9-26-11-19/h1-4,13,21H,5-11H2,(H,22,25)/t13-,19-/m0/s1. The Kier molecular flexibility index (Phi) is 3.80. The minimum Gasteiger partial charge on any atom is -0.380 e. The highest BCUT2D eigenvalue weighted by atomic mass is 19.1. The summed E-state index contributed by atoms with van der Waals surface area (Å²) in [6.07, 6.45) is 1.33. The predicted molar refractivity (Wildman–Crippen MR) is 92.3 cm³/mol. The van der Waals surface area contributed by atoms with Crippen molar-refractivity contribution in [3.63, 3.8) is 0 Å². The highest BCUT2D eigenvalue weighted by molar-refractivity contribution is 5.90. The van der Waals surface area contributed by atoms with E-state index in [2.05, 4.69) is 20.8 Å². The number of carbonyl (C=O) groups is 1. The number of rotatable bonds is 5. The van der Waals surface area contributed by atoms with Gasteiger partial charge in [-0.05, 0) is 18.9 Å². The lowest BCUT2D eigenvalue weighted by Crippen LogP contribution is -2.36. The summed E-state index contributed by atoms with van der Waals surface area (Å²) in [6.45, 7) is 2.98. The molecule has 0 bridgehead atoms. The molecule has 142 valence electrons. The number of hydrogen-bond donors (Lipinski definition) is 2. The highest BCUT2D eigenvalue weighted by Crippen LogP contribution is 2.48. The molecule has 3 aliphatic rings. The lowest BCUT2D eigenvalue weighted by Gasteiger charge is -2.20. The number of halogens is 1. The topological polar surface area (TPSA) is 89.3 Å². The van der Waals surface area contributed by atoms with Crippen molar-refractivity contribution in [1.29, 1.82) is 0 Å². The Balaban J connectivity index is 1.33. The van der Waals surface area contributed by atoms with Gasteiger partial charge in [0.2, 0.25) is 11.8 Å². The zero-order valence-corrected chi connectivity index (χ0v) is 14.8. The first-order valence-corrected chi connectivity index (χ1v) is 9.29. The van der Waals surface area contributed by atoms with Gasteiger partial charge >= 0.3 is 0 Å². The Labute approximate surface area is 155 Å². The van der Waals surface area contributed by atoms with Crippen LogP contribution in [0.15, 0.2) is 28.8 Å². The first kappa shape index (κ1) is 16.8. The largest absolute Gasteiger partial charge is 0.380 e. The first-order valence-electron chi connectivity index (χ1n) is 9.29. The summed E-state index contributed by atoms with van der Waals surface area (Å²) in [7, 11) is 0. The quantitative estimate of drug-likeness (QED) is 0.815. The molecule has 1 aromatic heterocycles. The average molecular weight is 372 g/mol. The SMILES string of the molecule is O=C(NCc1ccccc1F)C1(c2noc([C@]34CNC[C@H]3COC4)n2)CC1. The molecule has 3 fully saturated rings. The van der Waals surface area contributed by atoms with Gasteiger partial charge < -0.3 is 19.9 Å². The molecule has 2 aliphatic heterocycles. The maximum atomic E-state index is 13.8. The molecule has 0 spiro atoms. The molecular weight excluding hydrogens is 351 g/mol. The second kappa shape index (κ2) is 6.10. The number of benzene rings is 1. The fraction of sp³-hybridized carbons (Fsp3) is 0.526. The predicted octanol–water partition coefficient (Wildman–Crippen LogP) is 1.04. The van der Waals surface area contributed by atoms with E-state index in [1.54, 1.807) is 18.2 Å². The fourth-order valence-electron chi connectivity index (χ4n) is 4.18. The molecule has 0 radical (unpaired) electrons. The Hall–Kier alpha value is -2.32. The Morgan fingerprint density at radius 2 is 2.22 bits per heavy atom. The van der Waals surface area contributed by atoms with Gasteiger partial charge in [0, 0.05) is 31.1 Å². The van der Waals surface area contributed by atoms with E-state index < -0.39 is 5.41 Å². The van der Waals surface area contributed by atoms with Crippen molar-refractivity contribution >= 4 is 5.91 Å². The van der Waals surface area contributed by atoms with Gasteiger partial charge in [0.05, 0.1) is 18.6 Å². The van der Waals surface area contributed by atoms with Gasteiger partial charge in [-0.2, -0.15) is 4.98 Å². The van der Waals surface area contributed by atoms with Crippen LogP contribution >= 0.6 is 0 Å². The second-order valence-corrected chi connectivity index (χ2v) is 7.78. The number of aromatic nitrogens is 2. The molecule has 2 N–H and O–H groups in total. The van der Waals surface area contributed by atoms with E-state index in [9.17, 15) is 9.18 Å². The number of ether oxygens (including phenoxy) is 1. The normalized spacial score (nSPS) is 28.1. The van der Waals surface area contributed by atoms with E-state index in [1.807, 2.05) is 0 Å². The van der Waals surface area contributed by atoms with Crippen molar-refractivity contribution in [2.24, 2.45) is 5.92 Å². The molecule has 2 aromatic rings. The molecule has 1 amide bonds. The van der Waals surface area contributed by atoms with E-state index >= 15 is 0 Å². The van der Waals surface area contributed by atoms with E-state index in [0.717, 1.165) is 13.1 Å². The molecule has 8 heteroatoms. The molecule has 3 heterocycles. The fourth-order valence-corrected chi connectivity index (χ4v) is 4.18. The lowest BCUT2D eigenvalue weighted by molar-refractivity contribution is -0.124.